The number of rotatable bonds is 5. The Morgan fingerprint density at radius 3 is 2.70 bits per heavy atom. The van der Waals surface area contributed by atoms with Crippen LogP contribution in [0.15, 0.2) is 40.9 Å². The molecular formula is C15H15BrClNO2. The Kier molecular flexibility index (Phi) is 5.40. The number of benzene rings is 2. The van der Waals surface area contributed by atoms with Crippen LogP contribution in [0.4, 0.5) is 0 Å². The summed E-state index contributed by atoms with van der Waals surface area (Å²) in [4.78, 5) is 12.2. The van der Waals surface area contributed by atoms with E-state index in [9.17, 15) is 4.79 Å². The van der Waals surface area contributed by atoms with Crippen LogP contribution in [0.5, 0.6) is 0 Å². The fourth-order valence-corrected chi connectivity index (χ4v) is 2.50. The summed E-state index contributed by atoms with van der Waals surface area (Å²) in [5.41, 5.74) is 0.617. The molecule has 0 heterocycles. The standard InChI is InChI=1S/C15H15BrClNO2/c1-20-9-14(8-17)18-15(19)12-3-2-11-7-13(16)5-4-10(11)6-12/h2-7,14H,8-9H2,1H3,(H,18,19). The molecule has 1 unspecified atom stereocenters. The van der Waals surface area contributed by atoms with Gasteiger partial charge in [-0.15, -0.1) is 11.6 Å². The van der Waals surface area contributed by atoms with E-state index in [2.05, 4.69) is 21.2 Å². The van der Waals surface area contributed by atoms with Gasteiger partial charge in [0.15, 0.2) is 0 Å². The number of alkyl halides is 1. The predicted molar refractivity (Wildman–Crippen MR) is 85.5 cm³/mol. The van der Waals surface area contributed by atoms with Crippen LogP contribution in [0.1, 0.15) is 10.4 Å². The molecule has 5 heteroatoms. The molecule has 0 fully saturated rings. The minimum Gasteiger partial charge on any atom is -0.383 e. The lowest BCUT2D eigenvalue weighted by atomic mass is 10.1. The monoisotopic (exact) mass is 355 g/mol. The largest absolute Gasteiger partial charge is 0.383 e. The highest BCUT2D eigenvalue weighted by molar-refractivity contribution is 9.10. The molecule has 2 rings (SSSR count). The number of amides is 1. The third kappa shape index (κ3) is 3.72. The smallest absolute Gasteiger partial charge is 0.251 e. The highest BCUT2D eigenvalue weighted by Gasteiger charge is 2.13. The number of halogens is 2. The van der Waals surface area contributed by atoms with Gasteiger partial charge >= 0.3 is 0 Å². The normalized spacial score (nSPS) is 12.3. The van der Waals surface area contributed by atoms with Crippen LogP contribution < -0.4 is 5.32 Å². The third-order valence-electron chi connectivity index (χ3n) is 2.95. The maximum absolute atomic E-state index is 12.2. The first-order chi connectivity index (χ1) is 9.63. The van der Waals surface area contributed by atoms with E-state index >= 15 is 0 Å². The number of hydrogen-bond acceptors (Lipinski definition) is 2. The molecule has 0 bridgehead atoms. The highest BCUT2D eigenvalue weighted by atomic mass is 79.9. The van der Waals surface area contributed by atoms with E-state index in [1.54, 1.807) is 7.11 Å². The van der Waals surface area contributed by atoms with Crippen molar-refractivity contribution < 1.29 is 9.53 Å². The maximum Gasteiger partial charge on any atom is 0.251 e. The molecule has 0 saturated carbocycles. The number of fused-ring (bicyclic) bond motifs is 1. The van der Waals surface area contributed by atoms with Gasteiger partial charge in [0.25, 0.3) is 5.91 Å². The summed E-state index contributed by atoms with van der Waals surface area (Å²) in [5.74, 6) is 0.178. The van der Waals surface area contributed by atoms with Crippen molar-refractivity contribution in [1.82, 2.24) is 5.32 Å². The molecule has 0 aromatic heterocycles. The summed E-state index contributed by atoms with van der Waals surface area (Å²) < 4.78 is 6.03. The van der Waals surface area contributed by atoms with E-state index in [0.717, 1.165) is 15.2 Å². The van der Waals surface area contributed by atoms with E-state index in [4.69, 9.17) is 16.3 Å². The van der Waals surface area contributed by atoms with E-state index in [-0.39, 0.29) is 11.9 Å². The van der Waals surface area contributed by atoms with E-state index in [1.165, 1.54) is 0 Å². The van der Waals surface area contributed by atoms with Gasteiger partial charge in [-0.2, -0.15) is 0 Å². The van der Waals surface area contributed by atoms with Gasteiger partial charge in [-0.05, 0) is 35.0 Å². The number of methoxy groups -OCH3 is 1. The Morgan fingerprint density at radius 1 is 1.30 bits per heavy atom. The Hall–Kier alpha value is -1.10. The molecule has 0 saturated heterocycles. The average Bonchev–Trinajstić information content (AvgIpc) is 2.46. The molecule has 1 N–H and O–H groups in total. The van der Waals surface area contributed by atoms with Gasteiger partial charge in [0.1, 0.15) is 0 Å². The fraction of sp³-hybridized carbons (Fsp3) is 0.267. The zero-order valence-electron chi connectivity index (χ0n) is 11.0. The number of carbonyl (C=O) groups is 1. The fourth-order valence-electron chi connectivity index (χ4n) is 1.95. The van der Waals surface area contributed by atoms with Crippen molar-refractivity contribution >= 4 is 44.2 Å². The van der Waals surface area contributed by atoms with Crippen molar-refractivity contribution in [2.75, 3.05) is 19.6 Å². The van der Waals surface area contributed by atoms with Gasteiger partial charge in [0.05, 0.1) is 12.6 Å². The molecule has 0 radical (unpaired) electrons. The van der Waals surface area contributed by atoms with Gasteiger partial charge in [-0.25, -0.2) is 0 Å². The third-order valence-corrected chi connectivity index (χ3v) is 3.82. The lowest BCUT2D eigenvalue weighted by molar-refractivity contribution is 0.0907. The summed E-state index contributed by atoms with van der Waals surface area (Å²) in [5, 5.41) is 4.96. The number of ether oxygens (including phenoxy) is 1. The van der Waals surface area contributed by atoms with E-state index < -0.39 is 0 Å². The number of carbonyl (C=O) groups excluding carboxylic acids is 1. The minimum atomic E-state index is -0.185. The first-order valence-electron chi connectivity index (χ1n) is 6.19. The lowest BCUT2D eigenvalue weighted by Gasteiger charge is -2.15. The van der Waals surface area contributed by atoms with Gasteiger partial charge in [0, 0.05) is 23.0 Å². The summed E-state index contributed by atoms with van der Waals surface area (Å²) in [6.07, 6.45) is 0. The molecule has 2 aromatic carbocycles. The zero-order chi connectivity index (χ0) is 14.5. The molecule has 0 aliphatic rings. The summed E-state index contributed by atoms with van der Waals surface area (Å²) in [7, 11) is 1.58. The van der Waals surface area contributed by atoms with Gasteiger partial charge in [0.2, 0.25) is 0 Å². The number of hydrogen-bond donors (Lipinski definition) is 1. The van der Waals surface area contributed by atoms with Crippen molar-refractivity contribution in [3.8, 4) is 0 Å². The first kappa shape index (κ1) is 15.3. The zero-order valence-corrected chi connectivity index (χ0v) is 13.4. The summed E-state index contributed by atoms with van der Waals surface area (Å²) in [6, 6.07) is 11.4. The van der Waals surface area contributed by atoms with Crippen molar-refractivity contribution in [2.24, 2.45) is 0 Å². The van der Waals surface area contributed by atoms with Crippen LogP contribution in [0.2, 0.25) is 0 Å². The number of nitrogens with one attached hydrogen (secondary N) is 1. The van der Waals surface area contributed by atoms with Crippen LogP contribution in [0.25, 0.3) is 10.8 Å². The van der Waals surface area contributed by atoms with Crippen LogP contribution >= 0.6 is 27.5 Å². The SMILES string of the molecule is COCC(CCl)NC(=O)c1ccc2cc(Br)ccc2c1. The molecule has 3 nitrogen and oxygen atoms in total. The van der Waals surface area contributed by atoms with Crippen LogP contribution in [-0.2, 0) is 4.74 Å². The lowest BCUT2D eigenvalue weighted by Crippen LogP contribution is -2.39. The second-order valence-electron chi connectivity index (χ2n) is 4.49. The molecule has 0 aliphatic carbocycles. The summed E-state index contributed by atoms with van der Waals surface area (Å²) >= 11 is 9.22. The Bertz CT molecular complexity index is 618. The van der Waals surface area contributed by atoms with Crippen LogP contribution in [0.3, 0.4) is 0 Å². The van der Waals surface area contributed by atoms with Crippen LogP contribution in [-0.4, -0.2) is 31.5 Å². The topological polar surface area (TPSA) is 38.3 Å². The summed E-state index contributed by atoms with van der Waals surface area (Å²) in [6.45, 7) is 0.399. The Labute approximate surface area is 131 Å². The second kappa shape index (κ2) is 7.07. The van der Waals surface area contributed by atoms with Gasteiger partial charge in [-0.3, -0.25) is 4.79 Å². The first-order valence-corrected chi connectivity index (χ1v) is 7.52. The minimum absolute atomic E-state index is 0.141. The van der Waals surface area contributed by atoms with Crippen molar-refractivity contribution in [3.05, 3.63) is 46.4 Å². The van der Waals surface area contributed by atoms with Gasteiger partial charge < -0.3 is 10.1 Å². The van der Waals surface area contributed by atoms with Crippen LogP contribution in [0, 0.1) is 0 Å². The maximum atomic E-state index is 12.2. The Morgan fingerprint density at radius 2 is 2.00 bits per heavy atom. The molecule has 0 spiro atoms. The molecule has 1 atom stereocenters. The molecule has 2 aromatic rings. The van der Waals surface area contributed by atoms with Crippen molar-refractivity contribution in [2.45, 2.75) is 6.04 Å². The van der Waals surface area contributed by atoms with Gasteiger partial charge in [-0.1, -0.05) is 28.1 Å². The second-order valence-corrected chi connectivity index (χ2v) is 5.71. The van der Waals surface area contributed by atoms with E-state index in [1.807, 2.05) is 36.4 Å². The van der Waals surface area contributed by atoms with E-state index in [0.29, 0.717) is 18.1 Å². The molecule has 1 amide bonds. The molecular weight excluding hydrogens is 342 g/mol. The van der Waals surface area contributed by atoms with Crippen molar-refractivity contribution in [1.29, 1.82) is 0 Å². The molecule has 0 aliphatic heterocycles. The average molecular weight is 357 g/mol. The quantitative estimate of drug-likeness (QED) is 0.832. The predicted octanol–water partition coefficient (Wildman–Crippen LogP) is 3.59. The molecule has 20 heavy (non-hydrogen) atoms. The highest BCUT2D eigenvalue weighted by Crippen LogP contribution is 2.21. The molecule has 106 valence electrons. The Balaban J connectivity index is 2.20. The van der Waals surface area contributed by atoms with Crippen molar-refractivity contribution in [3.63, 3.8) is 0 Å².